The zero-order valence-corrected chi connectivity index (χ0v) is 11.4. The van der Waals surface area contributed by atoms with E-state index in [1.54, 1.807) is 6.08 Å². The number of allylic oxidation sites excluding steroid dienone is 1. The second kappa shape index (κ2) is 5.21. The van der Waals surface area contributed by atoms with Crippen LogP contribution in [0, 0.1) is 10.8 Å². The topological polar surface area (TPSA) is 49.3 Å². The largest absolute Gasteiger partial charge is 0.396 e. The van der Waals surface area contributed by atoms with E-state index in [9.17, 15) is 9.90 Å². The zero-order valence-electron chi connectivity index (χ0n) is 11.4. The summed E-state index contributed by atoms with van der Waals surface area (Å²) in [5, 5.41) is 12.4. The van der Waals surface area contributed by atoms with Crippen LogP contribution in [0.2, 0.25) is 0 Å². The van der Waals surface area contributed by atoms with Crippen LogP contribution < -0.4 is 5.32 Å². The summed E-state index contributed by atoms with van der Waals surface area (Å²) < 4.78 is 0. The predicted octanol–water partition coefficient (Wildman–Crippen LogP) is 2.26. The second-order valence-electron chi connectivity index (χ2n) is 6.46. The Kier molecular flexibility index (Phi) is 4.36. The van der Waals surface area contributed by atoms with Gasteiger partial charge in [0.2, 0.25) is 5.91 Å². The Morgan fingerprint density at radius 1 is 1.53 bits per heavy atom. The third-order valence-electron chi connectivity index (χ3n) is 3.49. The van der Waals surface area contributed by atoms with Crippen LogP contribution in [0.4, 0.5) is 0 Å². The Bertz CT molecular complexity index is 304. The lowest BCUT2D eigenvalue weighted by Gasteiger charge is -2.29. The van der Waals surface area contributed by atoms with Crippen molar-refractivity contribution >= 4 is 5.91 Å². The number of carbonyl (C=O) groups excluding carboxylic acids is 1. The standard InChI is InChI=1S/C14H25NO2/c1-13(2,3)9-7-12(17)15-11-6-5-8-14(11,4)10-16/h7,9,11,16H,5-6,8,10H2,1-4H3,(H,15,17)/b9-7+. The minimum absolute atomic E-state index is 0.0211. The molecular weight excluding hydrogens is 214 g/mol. The molecule has 2 atom stereocenters. The van der Waals surface area contributed by atoms with Crippen LogP contribution in [0.5, 0.6) is 0 Å². The Hall–Kier alpha value is -0.830. The number of aliphatic hydroxyl groups excluding tert-OH is 1. The summed E-state index contributed by atoms with van der Waals surface area (Å²) in [4.78, 5) is 11.8. The molecule has 1 fully saturated rings. The van der Waals surface area contributed by atoms with Crippen molar-refractivity contribution in [1.29, 1.82) is 0 Å². The van der Waals surface area contributed by atoms with Gasteiger partial charge >= 0.3 is 0 Å². The second-order valence-corrected chi connectivity index (χ2v) is 6.46. The van der Waals surface area contributed by atoms with Gasteiger partial charge in [0.05, 0.1) is 6.61 Å². The first kappa shape index (κ1) is 14.2. The number of rotatable bonds is 3. The van der Waals surface area contributed by atoms with E-state index >= 15 is 0 Å². The first-order valence-corrected chi connectivity index (χ1v) is 6.37. The molecule has 0 radical (unpaired) electrons. The predicted molar refractivity (Wildman–Crippen MR) is 69.6 cm³/mol. The SMILES string of the molecule is CC(C)(C)/C=C/C(=O)NC1CCCC1(C)CO. The minimum atomic E-state index is -0.148. The van der Waals surface area contributed by atoms with Gasteiger partial charge in [-0.1, -0.05) is 40.2 Å². The highest BCUT2D eigenvalue weighted by Crippen LogP contribution is 2.37. The van der Waals surface area contributed by atoms with Crippen molar-refractivity contribution in [2.24, 2.45) is 10.8 Å². The Labute approximate surface area is 104 Å². The van der Waals surface area contributed by atoms with E-state index in [0.29, 0.717) is 0 Å². The summed E-state index contributed by atoms with van der Waals surface area (Å²) in [5.41, 5.74) is -0.126. The average molecular weight is 239 g/mol. The highest BCUT2D eigenvalue weighted by Gasteiger charge is 2.38. The summed E-state index contributed by atoms with van der Waals surface area (Å²) in [6.45, 7) is 8.36. The van der Waals surface area contributed by atoms with Crippen molar-refractivity contribution in [3.8, 4) is 0 Å². The highest BCUT2D eigenvalue weighted by molar-refractivity contribution is 5.87. The molecule has 3 nitrogen and oxygen atoms in total. The van der Waals surface area contributed by atoms with Crippen molar-refractivity contribution in [2.45, 2.75) is 53.0 Å². The molecule has 2 N–H and O–H groups in total. The summed E-state index contributed by atoms with van der Waals surface area (Å²) in [6.07, 6.45) is 6.54. The van der Waals surface area contributed by atoms with Crippen LogP contribution >= 0.6 is 0 Å². The molecule has 1 saturated carbocycles. The number of aliphatic hydroxyl groups is 1. The molecule has 0 aromatic carbocycles. The highest BCUT2D eigenvalue weighted by atomic mass is 16.3. The lowest BCUT2D eigenvalue weighted by atomic mass is 9.86. The van der Waals surface area contributed by atoms with Gasteiger partial charge in [-0.05, 0) is 24.3 Å². The fourth-order valence-electron chi connectivity index (χ4n) is 2.21. The molecule has 0 aliphatic heterocycles. The van der Waals surface area contributed by atoms with Gasteiger partial charge in [-0.2, -0.15) is 0 Å². The summed E-state index contributed by atoms with van der Waals surface area (Å²) in [5.74, 6) is -0.0495. The first-order chi connectivity index (χ1) is 7.77. The lowest BCUT2D eigenvalue weighted by molar-refractivity contribution is -0.118. The monoisotopic (exact) mass is 239 g/mol. The third-order valence-corrected chi connectivity index (χ3v) is 3.49. The Morgan fingerprint density at radius 3 is 2.71 bits per heavy atom. The maximum absolute atomic E-state index is 11.8. The molecule has 1 rings (SSSR count). The van der Waals surface area contributed by atoms with Crippen LogP contribution in [-0.2, 0) is 4.79 Å². The number of hydrogen-bond acceptors (Lipinski definition) is 2. The van der Waals surface area contributed by atoms with Gasteiger partial charge in [-0.15, -0.1) is 0 Å². The van der Waals surface area contributed by atoms with E-state index in [4.69, 9.17) is 0 Å². The van der Waals surface area contributed by atoms with E-state index in [1.807, 2.05) is 13.0 Å². The fraction of sp³-hybridized carbons (Fsp3) is 0.786. The summed E-state index contributed by atoms with van der Waals surface area (Å²) in [6, 6.07) is 0.101. The number of carbonyl (C=O) groups is 1. The van der Waals surface area contributed by atoms with Gasteiger partial charge in [0, 0.05) is 11.5 Å². The fourth-order valence-corrected chi connectivity index (χ4v) is 2.21. The van der Waals surface area contributed by atoms with Crippen LogP contribution in [0.15, 0.2) is 12.2 Å². The molecule has 0 aromatic heterocycles. The quantitative estimate of drug-likeness (QED) is 0.742. The molecule has 98 valence electrons. The maximum Gasteiger partial charge on any atom is 0.243 e. The number of amides is 1. The zero-order chi connectivity index (χ0) is 13.1. The normalized spacial score (nSPS) is 29.8. The molecule has 0 bridgehead atoms. The summed E-state index contributed by atoms with van der Waals surface area (Å²) in [7, 11) is 0. The molecule has 0 heterocycles. The van der Waals surface area contributed by atoms with Gasteiger partial charge in [0.25, 0.3) is 0 Å². The van der Waals surface area contributed by atoms with Gasteiger partial charge < -0.3 is 10.4 Å². The van der Waals surface area contributed by atoms with Crippen molar-refractivity contribution in [2.75, 3.05) is 6.61 Å². The van der Waals surface area contributed by atoms with Crippen molar-refractivity contribution in [3.63, 3.8) is 0 Å². The smallest absolute Gasteiger partial charge is 0.243 e. The van der Waals surface area contributed by atoms with E-state index in [1.165, 1.54) is 0 Å². The maximum atomic E-state index is 11.8. The van der Waals surface area contributed by atoms with Crippen LogP contribution in [0.3, 0.4) is 0 Å². The van der Waals surface area contributed by atoms with E-state index in [-0.39, 0.29) is 29.4 Å². The molecule has 2 unspecified atom stereocenters. The molecule has 0 saturated heterocycles. The van der Waals surface area contributed by atoms with Crippen molar-refractivity contribution < 1.29 is 9.90 Å². The Balaban J connectivity index is 2.55. The Morgan fingerprint density at radius 2 is 2.18 bits per heavy atom. The van der Waals surface area contributed by atoms with Crippen LogP contribution in [-0.4, -0.2) is 23.7 Å². The first-order valence-electron chi connectivity index (χ1n) is 6.37. The minimum Gasteiger partial charge on any atom is -0.396 e. The van der Waals surface area contributed by atoms with Gasteiger partial charge in [-0.25, -0.2) is 0 Å². The summed E-state index contributed by atoms with van der Waals surface area (Å²) >= 11 is 0. The number of hydrogen-bond donors (Lipinski definition) is 2. The van der Waals surface area contributed by atoms with E-state index in [0.717, 1.165) is 19.3 Å². The average Bonchev–Trinajstić information content (AvgIpc) is 2.57. The van der Waals surface area contributed by atoms with E-state index in [2.05, 4.69) is 26.1 Å². The molecule has 1 aliphatic carbocycles. The van der Waals surface area contributed by atoms with Crippen molar-refractivity contribution in [3.05, 3.63) is 12.2 Å². The van der Waals surface area contributed by atoms with Gasteiger partial charge in [0.15, 0.2) is 0 Å². The molecular formula is C14H25NO2. The van der Waals surface area contributed by atoms with Crippen LogP contribution in [0.1, 0.15) is 47.0 Å². The molecule has 1 aliphatic rings. The van der Waals surface area contributed by atoms with Crippen molar-refractivity contribution in [1.82, 2.24) is 5.32 Å². The molecule has 17 heavy (non-hydrogen) atoms. The van der Waals surface area contributed by atoms with Crippen LogP contribution in [0.25, 0.3) is 0 Å². The molecule has 3 heteroatoms. The molecule has 1 amide bonds. The number of nitrogens with one attached hydrogen (secondary N) is 1. The third kappa shape index (κ3) is 4.15. The van der Waals surface area contributed by atoms with Gasteiger partial charge in [-0.3, -0.25) is 4.79 Å². The molecule has 0 spiro atoms. The van der Waals surface area contributed by atoms with E-state index < -0.39 is 0 Å². The van der Waals surface area contributed by atoms with Gasteiger partial charge in [0.1, 0.15) is 0 Å². The molecule has 0 aromatic rings. The lowest BCUT2D eigenvalue weighted by Crippen LogP contribution is -2.44.